The van der Waals surface area contributed by atoms with Crippen molar-refractivity contribution in [3.63, 3.8) is 0 Å². The normalized spacial score (nSPS) is 16.9. The number of nitrogens with two attached hydrogens (primary N) is 1. The van der Waals surface area contributed by atoms with E-state index in [0.717, 1.165) is 18.6 Å². The Morgan fingerprint density at radius 1 is 1.37 bits per heavy atom. The molecule has 0 aromatic heterocycles. The average molecular weight is 293 g/mol. The third kappa shape index (κ3) is 4.62. The first kappa shape index (κ1) is 16.2. The Balaban J connectivity index is 2.83. The molecule has 0 bridgehead atoms. The number of hydrogen-bond acceptors (Lipinski definition) is 2. The fourth-order valence-electron chi connectivity index (χ4n) is 1.57. The Kier molecular flexibility index (Phi) is 5.55. The first-order valence-electron chi connectivity index (χ1n) is 6.05. The molecular weight excluding hydrogens is 275 g/mol. The zero-order valence-corrected chi connectivity index (χ0v) is 11.7. The fraction of sp³-hybridized carbons (Fsp3) is 0.538. The lowest BCUT2D eigenvalue weighted by atomic mass is 10.1. The number of hydrogen-bond donors (Lipinski definition) is 1. The molecule has 6 heteroatoms. The zero-order chi connectivity index (χ0) is 14.6. The summed E-state index contributed by atoms with van der Waals surface area (Å²) >= 11 is 0. The van der Waals surface area contributed by atoms with E-state index in [-0.39, 0.29) is 11.0 Å². The van der Waals surface area contributed by atoms with E-state index < -0.39 is 28.6 Å². The van der Waals surface area contributed by atoms with Gasteiger partial charge in [-0.05, 0) is 24.1 Å². The Morgan fingerprint density at radius 2 is 2.00 bits per heavy atom. The second-order valence-corrected chi connectivity index (χ2v) is 6.40. The molecule has 3 unspecified atom stereocenters. The van der Waals surface area contributed by atoms with Gasteiger partial charge >= 0.3 is 6.18 Å². The molecule has 19 heavy (non-hydrogen) atoms. The Bertz CT molecular complexity index is 448. The van der Waals surface area contributed by atoms with E-state index in [1.54, 1.807) is 0 Å². The molecule has 0 saturated heterocycles. The van der Waals surface area contributed by atoms with Crippen molar-refractivity contribution in [3.8, 4) is 0 Å². The van der Waals surface area contributed by atoms with Crippen molar-refractivity contribution in [1.29, 1.82) is 0 Å². The molecule has 3 atom stereocenters. The molecule has 0 aliphatic heterocycles. The molecule has 0 saturated carbocycles. The Hall–Kier alpha value is -0.880. The van der Waals surface area contributed by atoms with Gasteiger partial charge in [0.1, 0.15) is 0 Å². The molecule has 1 aromatic carbocycles. The highest BCUT2D eigenvalue weighted by molar-refractivity contribution is 7.85. The van der Waals surface area contributed by atoms with Gasteiger partial charge in [0.15, 0.2) is 0 Å². The Labute approximate surface area is 113 Å². The summed E-state index contributed by atoms with van der Waals surface area (Å²) in [5.41, 5.74) is 5.48. The lowest BCUT2D eigenvalue weighted by molar-refractivity contribution is -0.137. The van der Waals surface area contributed by atoms with Crippen LogP contribution >= 0.6 is 0 Å². The molecule has 108 valence electrons. The molecule has 0 fully saturated rings. The SMILES string of the molecule is CCC(C)S(=O)CC(N)c1cccc(C(F)(F)F)c1. The predicted octanol–water partition coefficient (Wildman–Crippen LogP) is 3.25. The average Bonchev–Trinajstić information content (AvgIpc) is 2.36. The van der Waals surface area contributed by atoms with E-state index in [1.165, 1.54) is 12.1 Å². The second-order valence-electron chi connectivity index (χ2n) is 4.50. The van der Waals surface area contributed by atoms with Gasteiger partial charge in [-0.15, -0.1) is 0 Å². The fourth-order valence-corrected chi connectivity index (χ4v) is 2.82. The van der Waals surface area contributed by atoms with Crippen LogP contribution in [0.3, 0.4) is 0 Å². The quantitative estimate of drug-likeness (QED) is 0.905. The molecule has 0 spiro atoms. The van der Waals surface area contributed by atoms with Crippen LogP contribution in [-0.2, 0) is 17.0 Å². The van der Waals surface area contributed by atoms with Crippen molar-refractivity contribution in [2.45, 2.75) is 37.7 Å². The summed E-state index contributed by atoms with van der Waals surface area (Å²) in [5.74, 6) is 0.177. The largest absolute Gasteiger partial charge is 0.416 e. The van der Waals surface area contributed by atoms with Gasteiger partial charge in [-0.2, -0.15) is 13.2 Å². The van der Waals surface area contributed by atoms with E-state index in [4.69, 9.17) is 5.73 Å². The number of benzene rings is 1. The minimum Gasteiger partial charge on any atom is -0.323 e. The minimum atomic E-state index is -4.38. The molecule has 0 aliphatic rings. The van der Waals surface area contributed by atoms with Crippen molar-refractivity contribution >= 4 is 10.8 Å². The Morgan fingerprint density at radius 3 is 2.53 bits per heavy atom. The van der Waals surface area contributed by atoms with Crippen molar-refractivity contribution in [2.75, 3.05) is 5.75 Å². The van der Waals surface area contributed by atoms with Crippen LogP contribution in [0, 0.1) is 0 Å². The van der Waals surface area contributed by atoms with Crippen LogP contribution in [0.5, 0.6) is 0 Å². The molecule has 2 nitrogen and oxygen atoms in total. The first-order valence-corrected chi connectivity index (χ1v) is 7.43. The molecular formula is C13H18F3NOS. The van der Waals surface area contributed by atoms with E-state index in [9.17, 15) is 17.4 Å². The van der Waals surface area contributed by atoms with Crippen molar-refractivity contribution in [3.05, 3.63) is 35.4 Å². The van der Waals surface area contributed by atoms with E-state index in [2.05, 4.69) is 0 Å². The molecule has 0 heterocycles. The summed E-state index contributed by atoms with van der Waals surface area (Å²) < 4.78 is 49.6. The van der Waals surface area contributed by atoms with Gasteiger partial charge in [0.25, 0.3) is 0 Å². The van der Waals surface area contributed by atoms with Gasteiger partial charge in [0.05, 0.1) is 5.56 Å². The highest BCUT2D eigenvalue weighted by atomic mass is 32.2. The summed E-state index contributed by atoms with van der Waals surface area (Å²) in [7, 11) is -1.13. The lowest BCUT2D eigenvalue weighted by Gasteiger charge is -2.16. The predicted molar refractivity (Wildman–Crippen MR) is 71.1 cm³/mol. The van der Waals surface area contributed by atoms with Gasteiger partial charge in [0.2, 0.25) is 0 Å². The molecule has 0 amide bonds. The van der Waals surface area contributed by atoms with Crippen LogP contribution in [0.4, 0.5) is 13.2 Å². The summed E-state index contributed by atoms with van der Waals surface area (Å²) in [6.45, 7) is 3.76. The van der Waals surface area contributed by atoms with E-state index >= 15 is 0 Å². The first-order chi connectivity index (χ1) is 8.75. The number of rotatable bonds is 5. The zero-order valence-electron chi connectivity index (χ0n) is 10.9. The highest BCUT2D eigenvalue weighted by Crippen LogP contribution is 2.30. The van der Waals surface area contributed by atoms with Crippen LogP contribution in [0.15, 0.2) is 24.3 Å². The van der Waals surface area contributed by atoms with E-state index in [0.29, 0.717) is 5.56 Å². The number of alkyl halides is 3. The van der Waals surface area contributed by atoms with Crippen LogP contribution < -0.4 is 5.73 Å². The van der Waals surface area contributed by atoms with Gasteiger partial charge in [-0.3, -0.25) is 4.21 Å². The maximum atomic E-state index is 12.6. The molecule has 0 aliphatic carbocycles. The van der Waals surface area contributed by atoms with Crippen molar-refractivity contribution < 1.29 is 17.4 Å². The molecule has 1 aromatic rings. The lowest BCUT2D eigenvalue weighted by Crippen LogP contribution is -2.23. The second kappa shape index (κ2) is 6.52. The summed E-state index contributed by atoms with van der Waals surface area (Å²) in [5, 5.41) is -0.00292. The topological polar surface area (TPSA) is 43.1 Å². The standard InChI is InChI=1S/C13H18F3NOS/c1-3-9(2)19(18)8-12(17)10-5-4-6-11(7-10)13(14,15)16/h4-7,9,12H,3,8,17H2,1-2H3. The minimum absolute atomic E-state index is 0.00292. The monoisotopic (exact) mass is 293 g/mol. The highest BCUT2D eigenvalue weighted by Gasteiger charge is 2.30. The maximum absolute atomic E-state index is 12.6. The van der Waals surface area contributed by atoms with Gasteiger partial charge in [-0.25, -0.2) is 0 Å². The van der Waals surface area contributed by atoms with Crippen molar-refractivity contribution in [2.24, 2.45) is 5.73 Å². The molecule has 0 radical (unpaired) electrons. The number of halogens is 3. The van der Waals surface area contributed by atoms with Crippen LogP contribution in [0.2, 0.25) is 0 Å². The van der Waals surface area contributed by atoms with E-state index in [1.807, 2.05) is 13.8 Å². The summed E-state index contributed by atoms with van der Waals surface area (Å²) in [4.78, 5) is 0. The summed E-state index contributed by atoms with van der Waals surface area (Å²) in [6.07, 6.45) is -3.63. The third-order valence-corrected chi connectivity index (χ3v) is 4.93. The summed E-state index contributed by atoms with van der Waals surface area (Å²) in [6, 6.07) is 4.25. The third-order valence-electron chi connectivity index (χ3n) is 3.01. The van der Waals surface area contributed by atoms with Crippen LogP contribution in [0.1, 0.15) is 37.4 Å². The van der Waals surface area contributed by atoms with Gasteiger partial charge in [-0.1, -0.05) is 26.0 Å². The van der Waals surface area contributed by atoms with Gasteiger partial charge in [0, 0.05) is 27.8 Å². The molecule has 1 rings (SSSR count). The van der Waals surface area contributed by atoms with Gasteiger partial charge < -0.3 is 5.73 Å². The van der Waals surface area contributed by atoms with Crippen molar-refractivity contribution in [1.82, 2.24) is 0 Å². The smallest absolute Gasteiger partial charge is 0.323 e. The maximum Gasteiger partial charge on any atom is 0.416 e. The molecule has 2 N–H and O–H groups in total. The van der Waals surface area contributed by atoms with Crippen LogP contribution in [0.25, 0.3) is 0 Å². The van der Waals surface area contributed by atoms with Crippen LogP contribution in [-0.4, -0.2) is 15.2 Å².